The summed E-state index contributed by atoms with van der Waals surface area (Å²) in [6, 6.07) is 6.11. The van der Waals surface area contributed by atoms with Crippen molar-refractivity contribution in [2.45, 2.75) is 72.6 Å². The van der Waals surface area contributed by atoms with Gasteiger partial charge >= 0.3 is 146 Å². The summed E-state index contributed by atoms with van der Waals surface area (Å²) in [7, 11) is 0. The molecule has 0 atom stereocenters. The molecule has 0 radical (unpaired) electrons. The van der Waals surface area contributed by atoms with Crippen molar-refractivity contribution in [3.05, 3.63) is 18.2 Å². The first-order valence-electron chi connectivity index (χ1n) is 9.31. The Kier molecular flexibility index (Phi) is 7.87. The van der Waals surface area contributed by atoms with Gasteiger partial charge in [0, 0.05) is 0 Å². The van der Waals surface area contributed by atoms with Crippen molar-refractivity contribution in [1.82, 2.24) is 0 Å². The third-order valence-corrected chi connectivity index (χ3v) is 17.4. The first-order chi connectivity index (χ1) is 11.2. The van der Waals surface area contributed by atoms with Crippen LogP contribution in [0.3, 0.4) is 0 Å². The van der Waals surface area contributed by atoms with Crippen molar-refractivity contribution in [2.24, 2.45) is 0 Å². The zero-order valence-electron chi connectivity index (χ0n) is 15.0. The summed E-state index contributed by atoms with van der Waals surface area (Å²) in [4.78, 5) is 0. The molecule has 0 saturated heterocycles. The molecule has 0 saturated carbocycles. The molecule has 0 spiro atoms. The van der Waals surface area contributed by atoms with Crippen LogP contribution in [0.4, 0.5) is 0 Å². The number of fused-ring (bicyclic) bond motifs is 1. The second-order valence-electron chi connectivity index (χ2n) is 6.61. The van der Waals surface area contributed by atoms with Crippen LogP contribution in [0.5, 0.6) is 17.2 Å². The number of benzene rings is 1. The van der Waals surface area contributed by atoms with Crippen LogP contribution in [-0.2, 0) is 0 Å². The Balaban J connectivity index is 2.15. The van der Waals surface area contributed by atoms with Gasteiger partial charge in [-0.25, -0.2) is 0 Å². The molecule has 1 aromatic carbocycles. The van der Waals surface area contributed by atoms with E-state index >= 15 is 0 Å². The fourth-order valence-electron chi connectivity index (χ4n) is 3.22. The maximum absolute atomic E-state index is 6.81. The molecule has 0 aromatic heterocycles. The van der Waals surface area contributed by atoms with Crippen molar-refractivity contribution in [3.63, 3.8) is 0 Å². The van der Waals surface area contributed by atoms with E-state index in [1.807, 2.05) is 12.1 Å². The Bertz CT molecular complexity index is 454. The molecule has 0 fully saturated rings. The van der Waals surface area contributed by atoms with Crippen LogP contribution in [0.1, 0.15) is 59.3 Å². The second kappa shape index (κ2) is 9.65. The molecule has 23 heavy (non-hydrogen) atoms. The molecule has 2 rings (SSSR count). The molecular weight excluding hydrogens is 395 g/mol. The Hall–Kier alpha value is -0.581. The molecule has 1 aliphatic rings. The molecule has 0 N–H and O–H groups in total. The van der Waals surface area contributed by atoms with E-state index in [4.69, 9.17) is 12.5 Å². The summed E-state index contributed by atoms with van der Waals surface area (Å²) in [5, 5.41) is 0. The van der Waals surface area contributed by atoms with E-state index < -0.39 is 18.8 Å². The molecule has 0 unspecified atom stereocenters. The van der Waals surface area contributed by atoms with E-state index in [0.29, 0.717) is 6.79 Å². The van der Waals surface area contributed by atoms with Crippen molar-refractivity contribution in [3.8, 4) is 17.2 Å². The molecule has 1 heterocycles. The number of hydrogen-bond acceptors (Lipinski definition) is 3. The van der Waals surface area contributed by atoms with E-state index in [1.54, 1.807) is 0 Å². The number of ether oxygens (including phenoxy) is 2. The van der Waals surface area contributed by atoms with Gasteiger partial charge < -0.3 is 0 Å². The summed E-state index contributed by atoms with van der Waals surface area (Å²) in [6.45, 7) is 7.19. The third-order valence-electron chi connectivity index (χ3n) is 4.64. The van der Waals surface area contributed by atoms with Gasteiger partial charge in [-0.15, -0.1) is 0 Å². The maximum atomic E-state index is 6.81. The predicted molar refractivity (Wildman–Crippen MR) is 98.1 cm³/mol. The van der Waals surface area contributed by atoms with Crippen molar-refractivity contribution in [1.29, 1.82) is 0 Å². The Morgan fingerprint density at radius 2 is 1.43 bits per heavy atom. The van der Waals surface area contributed by atoms with Crippen molar-refractivity contribution >= 4 is 18.8 Å². The topological polar surface area (TPSA) is 27.7 Å². The van der Waals surface area contributed by atoms with Crippen LogP contribution in [-0.4, -0.2) is 25.6 Å². The molecular formula is C19H32O3Sn. The number of hydrogen-bond donors (Lipinski definition) is 0. The summed E-state index contributed by atoms with van der Waals surface area (Å²) >= 11 is -2.60. The summed E-state index contributed by atoms with van der Waals surface area (Å²) in [5.41, 5.74) is 0. The van der Waals surface area contributed by atoms with Crippen LogP contribution >= 0.6 is 0 Å². The average molecular weight is 427 g/mol. The van der Waals surface area contributed by atoms with Gasteiger partial charge in [0.05, 0.1) is 0 Å². The van der Waals surface area contributed by atoms with Gasteiger partial charge in [-0.2, -0.15) is 0 Å². The van der Waals surface area contributed by atoms with Gasteiger partial charge in [0.15, 0.2) is 0 Å². The predicted octanol–water partition coefficient (Wildman–Crippen LogP) is 6.14. The van der Waals surface area contributed by atoms with Crippen LogP contribution < -0.4 is 12.5 Å². The minimum atomic E-state index is -2.60. The van der Waals surface area contributed by atoms with Crippen LogP contribution in [0.25, 0.3) is 0 Å². The molecule has 1 aliphatic heterocycles. The standard InChI is InChI=1S/C7H6O3.3C4H9.Sn/c8-5-1-2-6-7(3-5)10-4-9-6;3*1-3-4-2;/h1-3,8H,4H2;3*1,3-4H2,2H3;/q;;;;+1/p-1. The van der Waals surface area contributed by atoms with E-state index in [2.05, 4.69) is 26.8 Å². The van der Waals surface area contributed by atoms with Gasteiger partial charge in [0.1, 0.15) is 0 Å². The molecule has 130 valence electrons. The Labute approximate surface area is 146 Å². The van der Waals surface area contributed by atoms with E-state index in [0.717, 1.165) is 17.2 Å². The van der Waals surface area contributed by atoms with E-state index in [-0.39, 0.29) is 0 Å². The molecule has 1 aromatic rings. The number of rotatable bonds is 11. The first kappa shape index (κ1) is 18.8. The van der Waals surface area contributed by atoms with Gasteiger partial charge in [-0.1, -0.05) is 0 Å². The third kappa shape index (κ3) is 5.47. The molecule has 0 amide bonds. The van der Waals surface area contributed by atoms with Crippen molar-refractivity contribution in [2.75, 3.05) is 6.79 Å². The van der Waals surface area contributed by atoms with Crippen molar-refractivity contribution < 1.29 is 12.5 Å². The van der Waals surface area contributed by atoms with Gasteiger partial charge in [0.2, 0.25) is 0 Å². The van der Waals surface area contributed by atoms with E-state index in [1.165, 1.54) is 51.8 Å². The first-order valence-corrected chi connectivity index (χ1v) is 16.5. The Morgan fingerprint density at radius 1 is 0.870 bits per heavy atom. The summed E-state index contributed by atoms with van der Waals surface area (Å²) in [5.74, 6) is 2.69. The molecule has 0 aliphatic carbocycles. The summed E-state index contributed by atoms with van der Waals surface area (Å²) < 4.78 is 21.8. The SMILES string of the molecule is CCC[CH2][Sn]([CH2]CCC)([CH2]CCC)[O]c1ccc2c(c1)OCO2. The second-order valence-corrected chi connectivity index (χ2v) is 18.2. The fourth-order valence-corrected chi connectivity index (χ4v) is 16.6. The zero-order chi connectivity index (χ0) is 16.5. The van der Waals surface area contributed by atoms with Crippen LogP contribution in [0.15, 0.2) is 18.2 Å². The number of unbranched alkanes of at least 4 members (excludes halogenated alkanes) is 3. The summed E-state index contributed by atoms with van der Waals surface area (Å²) in [6.07, 6.45) is 7.74. The average Bonchev–Trinajstić information content (AvgIpc) is 3.03. The fraction of sp³-hybridized carbons (Fsp3) is 0.684. The Morgan fingerprint density at radius 3 is 2.00 bits per heavy atom. The molecule has 0 bridgehead atoms. The zero-order valence-corrected chi connectivity index (χ0v) is 17.9. The van der Waals surface area contributed by atoms with Gasteiger partial charge in [-0.3, -0.25) is 0 Å². The van der Waals surface area contributed by atoms with Crippen LogP contribution in [0, 0.1) is 0 Å². The monoisotopic (exact) mass is 428 g/mol. The quantitative estimate of drug-likeness (QED) is 0.397. The minimum absolute atomic E-state index is 0.328. The normalized spacial score (nSPS) is 13.3. The molecule has 3 nitrogen and oxygen atoms in total. The van der Waals surface area contributed by atoms with Crippen LogP contribution in [0.2, 0.25) is 13.3 Å². The molecule has 4 heteroatoms. The van der Waals surface area contributed by atoms with Gasteiger partial charge in [0.25, 0.3) is 0 Å². The van der Waals surface area contributed by atoms with Gasteiger partial charge in [-0.05, 0) is 0 Å². The van der Waals surface area contributed by atoms with E-state index in [9.17, 15) is 0 Å².